The van der Waals surface area contributed by atoms with Crippen LogP contribution in [0.2, 0.25) is 5.02 Å². The molecule has 6 nitrogen and oxygen atoms in total. The zero-order chi connectivity index (χ0) is 17.3. The van der Waals surface area contributed by atoms with E-state index in [1.54, 1.807) is 35.2 Å². The standard InChI is InChI=1S/C16H13ClN2O4S/c1-23-14-7-6-12(8-13(14)17)18-15(20)9-24-16(18)10-2-4-11(5-3-10)19(21)22/h2-8,16H,9H2,1H3/t16-/m0/s1. The molecule has 1 aliphatic rings. The van der Waals surface area contributed by atoms with Crippen LogP contribution in [0.25, 0.3) is 0 Å². The molecule has 1 amide bonds. The molecule has 1 heterocycles. The maximum atomic E-state index is 12.3. The summed E-state index contributed by atoms with van der Waals surface area (Å²) in [7, 11) is 1.53. The predicted molar refractivity (Wildman–Crippen MR) is 93.8 cm³/mol. The number of nitro benzene ring substituents is 1. The molecular weight excluding hydrogens is 352 g/mol. The maximum absolute atomic E-state index is 12.3. The minimum atomic E-state index is -0.447. The van der Waals surface area contributed by atoms with Crippen LogP contribution in [0.5, 0.6) is 5.75 Å². The summed E-state index contributed by atoms with van der Waals surface area (Å²) >= 11 is 7.63. The molecule has 2 aromatic rings. The van der Waals surface area contributed by atoms with E-state index in [9.17, 15) is 14.9 Å². The van der Waals surface area contributed by atoms with E-state index in [2.05, 4.69) is 0 Å². The van der Waals surface area contributed by atoms with Gasteiger partial charge in [0.15, 0.2) is 0 Å². The monoisotopic (exact) mass is 364 g/mol. The third kappa shape index (κ3) is 3.05. The number of hydrogen-bond donors (Lipinski definition) is 0. The van der Waals surface area contributed by atoms with Gasteiger partial charge in [-0.05, 0) is 35.9 Å². The number of hydrogen-bond acceptors (Lipinski definition) is 5. The lowest BCUT2D eigenvalue weighted by Gasteiger charge is -2.24. The fraction of sp³-hybridized carbons (Fsp3) is 0.188. The molecule has 0 aromatic heterocycles. The Kier molecular flexibility index (Phi) is 4.64. The number of benzene rings is 2. The second-order valence-electron chi connectivity index (χ2n) is 5.09. The summed E-state index contributed by atoms with van der Waals surface area (Å²) in [5.41, 5.74) is 1.51. The molecule has 1 fully saturated rings. The summed E-state index contributed by atoms with van der Waals surface area (Å²) in [6, 6.07) is 11.4. The SMILES string of the molecule is COc1ccc(N2C(=O)CS[C@H]2c2ccc([N+](=O)[O-])cc2)cc1Cl. The van der Waals surface area contributed by atoms with Crippen LogP contribution in [0.3, 0.4) is 0 Å². The van der Waals surface area contributed by atoms with Crippen molar-refractivity contribution < 1.29 is 14.5 Å². The average Bonchev–Trinajstić information content (AvgIpc) is 2.96. The number of methoxy groups -OCH3 is 1. The number of nitrogens with zero attached hydrogens (tertiary/aromatic N) is 2. The Bertz CT molecular complexity index is 797. The van der Waals surface area contributed by atoms with Crippen molar-refractivity contribution in [2.45, 2.75) is 5.37 Å². The third-order valence-electron chi connectivity index (χ3n) is 3.67. The Morgan fingerprint density at radius 2 is 2.00 bits per heavy atom. The summed E-state index contributed by atoms with van der Waals surface area (Å²) in [6.45, 7) is 0. The van der Waals surface area contributed by atoms with E-state index in [0.29, 0.717) is 22.2 Å². The Morgan fingerprint density at radius 3 is 2.58 bits per heavy atom. The van der Waals surface area contributed by atoms with Gasteiger partial charge in [-0.3, -0.25) is 19.8 Å². The minimum absolute atomic E-state index is 0.0205. The second kappa shape index (κ2) is 6.70. The molecule has 3 rings (SSSR count). The molecule has 0 aliphatic carbocycles. The van der Waals surface area contributed by atoms with Crippen LogP contribution in [0.1, 0.15) is 10.9 Å². The molecule has 0 N–H and O–H groups in total. The number of anilines is 1. The smallest absolute Gasteiger partial charge is 0.269 e. The first kappa shape index (κ1) is 16.6. The Morgan fingerprint density at radius 1 is 1.29 bits per heavy atom. The van der Waals surface area contributed by atoms with E-state index >= 15 is 0 Å². The van der Waals surface area contributed by atoms with E-state index in [1.165, 1.54) is 31.0 Å². The molecular formula is C16H13ClN2O4S. The van der Waals surface area contributed by atoms with E-state index in [1.807, 2.05) is 0 Å². The molecule has 24 heavy (non-hydrogen) atoms. The highest BCUT2D eigenvalue weighted by Gasteiger charge is 2.34. The van der Waals surface area contributed by atoms with E-state index < -0.39 is 4.92 Å². The number of rotatable bonds is 4. The lowest BCUT2D eigenvalue weighted by molar-refractivity contribution is -0.384. The first-order valence-corrected chi connectivity index (χ1v) is 8.45. The van der Waals surface area contributed by atoms with Crippen molar-refractivity contribution in [1.29, 1.82) is 0 Å². The largest absolute Gasteiger partial charge is 0.495 e. The zero-order valence-corrected chi connectivity index (χ0v) is 14.2. The van der Waals surface area contributed by atoms with Gasteiger partial charge in [0.1, 0.15) is 11.1 Å². The lowest BCUT2D eigenvalue weighted by Crippen LogP contribution is -2.27. The second-order valence-corrected chi connectivity index (χ2v) is 6.57. The van der Waals surface area contributed by atoms with Gasteiger partial charge in [-0.2, -0.15) is 0 Å². The van der Waals surface area contributed by atoms with Crippen molar-refractivity contribution in [2.75, 3.05) is 17.8 Å². The molecule has 0 spiro atoms. The highest BCUT2D eigenvalue weighted by molar-refractivity contribution is 8.00. The van der Waals surface area contributed by atoms with Gasteiger partial charge in [-0.15, -0.1) is 11.8 Å². The molecule has 1 saturated heterocycles. The van der Waals surface area contributed by atoms with Crippen LogP contribution in [-0.4, -0.2) is 23.7 Å². The molecule has 1 atom stereocenters. The van der Waals surface area contributed by atoms with Crippen LogP contribution in [0.4, 0.5) is 11.4 Å². The van der Waals surface area contributed by atoms with Crippen LogP contribution >= 0.6 is 23.4 Å². The van der Waals surface area contributed by atoms with E-state index in [0.717, 1.165) is 5.56 Å². The van der Waals surface area contributed by atoms with Crippen LogP contribution in [0.15, 0.2) is 42.5 Å². The van der Waals surface area contributed by atoms with Gasteiger partial charge in [0, 0.05) is 17.8 Å². The Labute approximate surface area is 147 Å². The fourth-order valence-corrected chi connectivity index (χ4v) is 3.94. The predicted octanol–water partition coefficient (Wildman–Crippen LogP) is 4.04. The topological polar surface area (TPSA) is 72.7 Å². The number of thioether (sulfide) groups is 1. The maximum Gasteiger partial charge on any atom is 0.269 e. The van der Waals surface area contributed by atoms with E-state index in [-0.39, 0.29) is 17.0 Å². The fourth-order valence-electron chi connectivity index (χ4n) is 2.52. The zero-order valence-electron chi connectivity index (χ0n) is 12.6. The van der Waals surface area contributed by atoms with Crippen molar-refractivity contribution in [1.82, 2.24) is 0 Å². The summed E-state index contributed by atoms with van der Waals surface area (Å²) in [6.07, 6.45) is 0. The van der Waals surface area contributed by atoms with Gasteiger partial charge in [0.2, 0.25) is 5.91 Å². The molecule has 1 aliphatic heterocycles. The first-order valence-electron chi connectivity index (χ1n) is 7.03. The van der Waals surface area contributed by atoms with Crippen LogP contribution < -0.4 is 9.64 Å². The summed E-state index contributed by atoms with van der Waals surface area (Å²) in [4.78, 5) is 24.3. The lowest BCUT2D eigenvalue weighted by atomic mass is 10.1. The third-order valence-corrected chi connectivity index (χ3v) is 5.18. The number of carbonyl (C=O) groups is 1. The molecule has 124 valence electrons. The molecule has 0 saturated carbocycles. The molecule has 0 bridgehead atoms. The van der Waals surface area contributed by atoms with Gasteiger partial charge in [0.05, 0.1) is 22.8 Å². The number of non-ortho nitro benzene ring substituents is 1. The highest BCUT2D eigenvalue weighted by atomic mass is 35.5. The van der Waals surface area contributed by atoms with Crippen molar-refractivity contribution in [3.63, 3.8) is 0 Å². The first-order chi connectivity index (χ1) is 11.5. The molecule has 0 radical (unpaired) electrons. The van der Waals surface area contributed by atoms with Crippen molar-refractivity contribution in [3.8, 4) is 5.75 Å². The van der Waals surface area contributed by atoms with Gasteiger partial charge < -0.3 is 4.74 Å². The molecule has 0 unspecified atom stereocenters. The van der Waals surface area contributed by atoms with Gasteiger partial charge >= 0.3 is 0 Å². The minimum Gasteiger partial charge on any atom is -0.495 e. The number of nitro groups is 1. The molecule has 8 heteroatoms. The molecule has 2 aromatic carbocycles. The number of halogens is 1. The Balaban J connectivity index is 1.94. The summed E-state index contributed by atoms with van der Waals surface area (Å²) in [5.74, 6) is 0.835. The highest BCUT2D eigenvalue weighted by Crippen LogP contribution is 2.43. The van der Waals surface area contributed by atoms with Crippen LogP contribution in [-0.2, 0) is 4.79 Å². The van der Waals surface area contributed by atoms with Crippen molar-refractivity contribution >= 4 is 40.6 Å². The van der Waals surface area contributed by atoms with Crippen molar-refractivity contribution in [2.24, 2.45) is 0 Å². The normalized spacial score (nSPS) is 17.2. The number of carbonyl (C=O) groups excluding carboxylic acids is 1. The number of ether oxygens (including phenoxy) is 1. The van der Waals surface area contributed by atoms with Crippen LogP contribution in [0, 0.1) is 10.1 Å². The Hall–Kier alpha value is -2.25. The van der Waals surface area contributed by atoms with Gasteiger partial charge in [0.25, 0.3) is 5.69 Å². The average molecular weight is 365 g/mol. The van der Waals surface area contributed by atoms with E-state index in [4.69, 9.17) is 16.3 Å². The van der Waals surface area contributed by atoms with Gasteiger partial charge in [-0.25, -0.2) is 0 Å². The summed E-state index contributed by atoms with van der Waals surface area (Å²) < 4.78 is 5.13. The van der Waals surface area contributed by atoms with Gasteiger partial charge in [-0.1, -0.05) is 11.6 Å². The van der Waals surface area contributed by atoms with Crippen molar-refractivity contribution in [3.05, 3.63) is 63.2 Å². The summed E-state index contributed by atoms with van der Waals surface area (Å²) in [5, 5.41) is 10.9. The quantitative estimate of drug-likeness (QED) is 0.604. The number of amides is 1.